The smallest absolute Gasteiger partial charge is 0.0737 e. The quantitative estimate of drug-likeness (QED) is 0.138. The fraction of sp³-hybridized carbons (Fsp3) is 0. The van der Waals surface area contributed by atoms with Crippen LogP contribution in [-0.2, 0) is 17.1 Å². The topological polar surface area (TPSA) is 57.4 Å². The summed E-state index contributed by atoms with van der Waals surface area (Å²) in [7, 11) is 0. The summed E-state index contributed by atoms with van der Waals surface area (Å²) in [6.45, 7) is 0. The fourth-order valence-electron chi connectivity index (χ4n) is 7.35. The van der Waals surface area contributed by atoms with Crippen LogP contribution < -0.4 is 0 Å². The zero-order valence-corrected chi connectivity index (χ0v) is 31.5. The molecule has 0 fully saturated rings. The third kappa shape index (κ3) is 6.68. The van der Waals surface area contributed by atoms with Crippen molar-refractivity contribution in [1.82, 2.24) is 19.9 Å². The predicted octanol–water partition coefficient (Wildman–Crippen LogP) is 11.2. The van der Waals surface area contributed by atoms with Gasteiger partial charge in [0, 0.05) is 83.6 Å². The van der Waals surface area contributed by atoms with Gasteiger partial charge in [-0.2, -0.15) is 0 Å². The summed E-state index contributed by atoms with van der Waals surface area (Å²) in [6.07, 6.45) is 31.3. The molecule has 0 radical (unpaired) electrons. The first-order chi connectivity index (χ1) is 27.5. The third-order valence-electron chi connectivity index (χ3n) is 10.1. The van der Waals surface area contributed by atoms with Crippen molar-refractivity contribution >= 4 is 46.4 Å². The van der Waals surface area contributed by atoms with Gasteiger partial charge < -0.3 is 9.97 Å². The van der Waals surface area contributed by atoms with Crippen molar-refractivity contribution in [1.29, 1.82) is 0 Å². The Kier molecular flexibility index (Phi) is 9.64. The molecule has 0 unspecified atom stereocenters. The zero-order valence-electron chi connectivity index (χ0n) is 30.4. The molecular formula is C52H30FeN4. The Bertz CT molecular complexity index is 2710. The van der Waals surface area contributed by atoms with Crippen LogP contribution in [0.2, 0.25) is 0 Å². The van der Waals surface area contributed by atoms with Gasteiger partial charge in [-0.15, -0.1) is 25.7 Å². The second-order valence-corrected chi connectivity index (χ2v) is 13.4. The van der Waals surface area contributed by atoms with Crippen LogP contribution in [-0.4, -0.2) is 19.9 Å². The SMILES string of the molecule is C#Cc1ccc(-c2c3nc(c(-c4ccc(C#C)cc4)c4ccc([nH]4)c(-c4ccc(C#C)cc4)c4nc(c(-c5ccc(C#C)cc5)c5ccc2[nH]5)C=C4)C=C3)cc1.[Fe]. The molecule has 0 spiro atoms. The Morgan fingerprint density at radius 3 is 0.719 bits per heavy atom. The van der Waals surface area contributed by atoms with Crippen molar-refractivity contribution < 1.29 is 17.1 Å². The average Bonchev–Trinajstić information content (AvgIpc) is 4.10. The Morgan fingerprint density at radius 1 is 0.316 bits per heavy atom. The van der Waals surface area contributed by atoms with Crippen molar-refractivity contribution in [3.8, 4) is 93.9 Å². The van der Waals surface area contributed by atoms with Crippen LogP contribution in [0, 0.1) is 49.4 Å². The number of terminal acetylenes is 4. The van der Waals surface area contributed by atoms with Crippen molar-refractivity contribution in [2.45, 2.75) is 0 Å². The van der Waals surface area contributed by atoms with Crippen LogP contribution in [0.5, 0.6) is 0 Å². The molecule has 266 valence electrons. The van der Waals surface area contributed by atoms with E-state index in [2.05, 4.69) is 82.2 Å². The summed E-state index contributed by atoms with van der Waals surface area (Å²) in [5.41, 5.74) is 17.5. The van der Waals surface area contributed by atoms with E-state index in [0.29, 0.717) is 0 Å². The van der Waals surface area contributed by atoms with Gasteiger partial charge in [-0.25, -0.2) is 9.97 Å². The summed E-state index contributed by atoms with van der Waals surface area (Å²) < 4.78 is 0. The molecular weight excluding hydrogens is 736 g/mol. The predicted molar refractivity (Wildman–Crippen MR) is 232 cm³/mol. The molecule has 7 aromatic rings. The van der Waals surface area contributed by atoms with Gasteiger partial charge in [0.2, 0.25) is 0 Å². The molecule has 0 atom stereocenters. The van der Waals surface area contributed by atoms with E-state index in [9.17, 15) is 0 Å². The summed E-state index contributed by atoms with van der Waals surface area (Å²) >= 11 is 0. The Labute approximate surface area is 342 Å². The summed E-state index contributed by atoms with van der Waals surface area (Å²) in [5.74, 6) is 11.0. The second-order valence-electron chi connectivity index (χ2n) is 13.4. The van der Waals surface area contributed by atoms with Crippen molar-refractivity contribution in [3.05, 3.63) is 166 Å². The molecule has 0 saturated heterocycles. The Morgan fingerprint density at radius 2 is 0.526 bits per heavy atom. The van der Waals surface area contributed by atoms with Crippen molar-refractivity contribution in [2.24, 2.45) is 0 Å². The van der Waals surface area contributed by atoms with Crippen LogP contribution in [0.3, 0.4) is 0 Å². The first-order valence-electron chi connectivity index (χ1n) is 18.0. The molecule has 4 nitrogen and oxygen atoms in total. The Balaban J connectivity index is 0.00000455. The molecule has 4 aromatic carbocycles. The minimum Gasteiger partial charge on any atom is -0.354 e. The molecule has 9 rings (SSSR count). The minimum absolute atomic E-state index is 0. The Hall–Kier alpha value is -7.76. The van der Waals surface area contributed by atoms with E-state index in [-0.39, 0.29) is 17.1 Å². The van der Waals surface area contributed by atoms with Crippen LogP contribution >= 0.6 is 0 Å². The van der Waals surface area contributed by atoms with Gasteiger partial charge >= 0.3 is 0 Å². The van der Waals surface area contributed by atoms with Gasteiger partial charge in [-0.3, -0.25) is 0 Å². The first-order valence-corrected chi connectivity index (χ1v) is 18.0. The van der Waals surface area contributed by atoms with E-state index >= 15 is 0 Å². The molecule has 5 heterocycles. The molecule has 2 aliphatic heterocycles. The van der Waals surface area contributed by atoms with Gasteiger partial charge in [0.25, 0.3) is 0 Å². The maximum atomic E-state index is 5.76. The molecule has 2 N–H and O–H groups in total. The van der Waals surface area contributed by atoms with E-state index in [1.54, 1.807) is 0 Å². The van der Waals surface area contributed by atoms with E-state index in [4.69, 9.17) is 35.7 Å². The molecule has 57 heavy (non-hydrogen) atoms. The third-order valence-corrected chi connectivity index (χ3v) is 10.1. The van der Waals surface area contributed by atoms with Crippen LogP contribution in [0.4, 0.5) is 0 Å². The number of aromatic nitrogens is 4. The molecule has 3 aromatic heterocycles. The number of nitrogens with one attached hydrogen (secondary N) is 2. The monoisotopic (exact) mass is 766 g/mol. The summed E-state index contributed by atoms with van der Waals surface area (Å²) in [6, 6.07) is 40.3. The minimum atomic E-state index is 0. The number of rotatable bonds is 4. The number of H-pyrrole nitrogens is 2. The molecule has 0 saturated carbocycles. The standard InChI is InChI=1S/C52H30N4.Fe/c1-5-33-9-17-37(18-10-33)49-41-25-27-43(53-41)50(38-19-11-34(6-2)12-20-38)45-29-31-47(55-45)52(40-23-15-36(8-4)16-24-40)48-32-30-46(56-48)51(44-28-26-42(49)54-44)39-21-13-35(7-3)14-22-39;/h1-4,9-32,53,56H;. The number of nitrogens with zero attached hydrogens (tertiary/aromatic N) is 2. The van der Waals surface area contributed by atoms with E-state index in [1.165, 1.54) is 0 Å². The average molecular weight is 767 g/mol. The maximum Gasteiger partial charge on any atom is 0.0737 e. The molecule has 0 amide bonds. The van der Waals surface area contributed by atoms with Crippen LogP contribution in [0.1, 0.15) is 45.0 Å². The number of hydrogen-bond donors (Lipinski definition) is 2. The molecule has 0 aliphatic carbocycles. The molecule has 5 heteroatoms. The first kappa shape index (κ1) is 36.2. The van der Waals surface area contributed by atoms with Crippen molar-refractivity contribution in [3.63, 3.8) is 0 Å². The van der Waals surface area contributed by atoms with E-state index in [1.807, 2.05) is 97.1 Å². The summed E-state index contributed by atoms with van der Waals surface area (Å²) in [4.78, 5) is 18.2. The number of aromatic amines is 2. The fourth-order valence-corrected chi connectivity index (χ4v) is 7.35. The van der Waals surface area contributed by atoms with Gasteiger partial charge in [0.15, 0.2) is 0 Å². The molecule has 2 aliphatic rings. The number of benzene rings is 4. The summed E-state index contributed by atoms with van der Waals surface area (Å²) in [5, 5.41) is 0. The largest absolute Gasteiger partial charge is 0.354 e. The van der Waals surface area contributed by atoms with Gasteiger partial charge in [0.05, 0.1) is 22.8 Å². The van der Waals surface area contributed by atoms with E-state index < -0.39 is 0 Å². The number of fused-ring (bicyclic) bond motifs is 8. The van der Waals surface area contributed by atoms with Crippen molar-refractivity contribution in [2.75, 3.05) is 0 Å². The van der Waals surface area contributed by atoms with Crippen LogP contribution in [0.25, 0.3) is 90.9 Å². The molecule has 8 bridgehead atoms. The van der Waals surface area contributed by atoms with Gasteiger partial charge in [-0.05, 0) is 119 Å². The van der Waals surface area contributed by atoms with Crippen LogP contribution in [0.15, 0.2) is 121 Å². The maximum absolute atomic E-state index is 5.76. The van der Waals surface area contributed by atoms with Gasteiger partial charge in [-0.1, -0.05) is 72.2 Å². The van der Waals surface area contributed by atoms with E-state index in [0.717, 1.165) is 112 Å². The normalized spacial score (nSPS) is 11.2. The zero-order chi connectivity index (χ0) is 38.2. The second kappa shape index (κ2) is 15.2. The number of hydrogen-bond acceptors (Lipinski definition) is 2. The van der Waals surface area contributed by atoms with Gasteiger partial charge in [0.1, 0.15) is 0 Å².